The minimum atomic E-state index is 0.505. The van der Waals surface area contributed by atoms with E-state index in [9.17, 15) is 0 Å². The molecule has 0 aliphatic carbocycles. The number of hydrogen-bond acceptors (Lipinski definition) is 4. The zero-order valence-corrected chi connectivity index (χ0v) is 8.17. The molecular formula is C9H12N2OS. The maximum atomic E-state index is 5.54. The van der Waals surface area contributed by atoms with Crippen LogP contribution >= 0.6 is 11.3 Å². The van der Waals surface area contributed by atoms with Gasteiger partial charge in [-0.2, -0.15) is 0 Å². The van der Waals surface area contributed by atoms with Crippen molar-refractivity contribution in [3.63, 3.8) is 0 Å². The number of hydrogen-bond donors (Lipinski definition) is 0. The van der Waals surface area contributed by atoms with Crippen LogP contribution in [-0.4, -0.2) is 35.2 Å². The Hall–Kier alpha value is -0.450. The standard InChI is InChI=1S/C9H12N2OS/c1-2-13-9(10-1)5-11-4-8-3-7(11)6-12-8/h1-2,7-8H,3-6H2. The molecule has 2 saturated heterocycles. The molecule has 3 nitrogen and oxygen atoms in total. The van der Waals surface area contributed by atoms with Gasteiger partial charge in [-0.25, -0.2) is 4.98 Å². The summed E-state index contributed by atoms with van der Waals surface area (Å²) in [6.45, 7) is 3.04. The molecule has 2 aliphatic heterocycles. The first-order valence-corrected chi connectivity index (χ1v) is 5.54. The molecular weight excluding hydrogens is 184 g/mol. The number of likely N-dealkylation sites (tertiary alicyclic amines) is 1. The minimum absolute atomic E-state index is 0.505. The molecule has 2 bridgehead atoms. The van der Waals surface area contributed by atoms with Crippen molar-refractivity contribution in [2.24, 2.45) is 0 Å². The average molecular weight is 196 g/mol. The summed E-state index contributed by atoms with van der Waals surface area (Å²) in [5.41, 5.74) is 0. The molecule has 2 atom stereocenters. The Morgan fingerprint density at radius 1 is 1.69 bits per heavy atom. The van der Waals surface area contributed by atoms with Crippen molar-refractivity contribution < 1.29 is 4.74 Å². The molecule has 0 saturated carbocycles. The van der Waals surface area contributed by atoms with Crippen molar-refractivity contribution in [1.29, 1.82) is 0 Å². The van der Waals surface area contributed by atoms with E-state index in [1.54, 1.807) is 11.3 Å². The first-order chi connectivity index (χ1) is 6.42. The average Bonchev–Trinajstić information content (AvgIpc) is 2.77. The second-order valence-electron chi connectivity index (χ2n) is 3.70. The summed E-state index contributed by atoms with van der Waals surface area (Å²) < 4.78 is 5.54. The summed E-state index contributed by atoms with van der Waals surface area (Å²) in [6.07, 6.45) is 3.61. The van der Waals surface area contributed by atoms with Gasteiger partial charge in [-0.15, -0.1) is 11.3 Å². The highest BCUT2D eigenvalue weighted by Crippen LogP contribution is 2.29. The monoisotopic (exact) mass is 196 g/mol. The van der Waals surface area contributed by atoms with Gasteiger partial charge in [0.2, 0.25) is 0 Å². The maximum Gasteiger partial charge on any atom is 0.107 e. The number of thiazole rings is 1. The lowest BCUT2D eigenvalue weighted by atomic mass is 10.2. The summed E-state index contributed by atoms with van der Waals surface area (Å²) in [6, 6.07) is 0.661. The molecule has 2 fully saturated rings. The zero-order valence-electron chi connectivity index (χ0n) is 7.35. The van der Waals surface area contributed by atoms with E-state index in [4.69, 9.17) is 4.74 Å². The molecule has 0 radical (unpaired) electrons. The van der Waals surface area contributed by atoms with Crippen LogP contribution in [-0.2, 0) is 11.3 Å². The van der Waals surface area contributed by atoms with Gasteiger partial charge < -0.3 is 4.74 Å². The number of nitrogens with zero attached hydrogens (tertiary/aromatic N) is 2. The van der Waals surface area contributed by atoms with Gasteiger partial charge in [-0.05, 0) is 6.42 Å². The second-order valence-corrected chi connectivity index (χ2v) is 4.68. The SMILES string of the molecule is c1csc(CN2CC3CC2CO3)n1. The van der Waals surface area contributed by atoms with Gasteiger partial charge in [0.05, 0.1) is 19.3 Å². The van der Waals surface area contributed by atoms with Crippen LogP contribution < -0.4 is 0 Å². The number of morpholine rings is 1. The fraction of sp³-hybridized carbons (Fsp3) is 0.667. The molecule has 4 heteroatoms. The van der Waals surface area contributed by atoms with Crippen molar-refractivity contribution in [1.82, 2.24) is 9.88 Å². The van der Waals surface area contributed by atoms with Crippen LogP contribution in [0, 0.1) is 0 Å². The smallest absolute Gasteiger partial charge is 0.107 e. The van der Waals surface area contributed by atoms with E-state index in [2.05, 4.69) is 9.88 Å². The molecule has 2 unspecified atom stereocenters. The normalized spacial score (nSPS) is 32.9. The summed E-state index contributed by atoms with van der Waals surface area (Å²) in [5, 5.41) is 3.27. The Balaban J connectivity index is 1.68. The largest absolute Gasteiger partial charge is 0.375 e. The van der Waals surface area contributed by atoms with Crippen molar-refractivity contribution >= 4 is 11.3 Å². The van der Waals surface area contributed by atoms with Crippen LogP contribution in [0.4, 0.5) is 0 Å². The Morgan fingerprint density at radius 3 is 3.31 bits per heavy atom. The highest BCUT2D eigenvalue weighted by Gasteiger charge is 2.38. The molecule has 3 heterocycles. The van der Waals surface area contributed by atoms with Gasteiger partial charge >= 0.3 is 0 Å². The van der Waals surface area contributed by atoms with Crippen LogP contribution in [0.25, 0.3) is 0 Å². The highest BCUT2D eigenvalue weighted by molar-refractivity contribution is 7.09. The Labute approximate surface area is 81.3 Å². The number of fused-ring (bicyclic) bond motifs is 2. The van der Waals surface area contributed by atoms with E-state index in [1.807, 2.05) is 11.6 Å². The maximum absolute atomic E-state index is 5.54. The van der Waals surface area contributed by atoms with Crippen molar-refractivity contribution in [2.75, 3.05) is 13.2 Å². The Morgan fingerprint density at radius 2 is 2.69 bits per heavy atom. The summed E-state index contributed by atoms with van der Waals surface area (Å²) in [4.78, 5) is 6.79. The minimum Gasteiger partial charge on any atom is -0.375 e. The molecule has 3 rings (SSSR count). The van der Waals surface area contributed by atoms with Gasteiger partial charge in [-0.3, -0.25) is 4.90 Å². The first-order valence-electron chi connectivity index (χ1n) is 4.66. The fourth-order valence-electron chi connectivity index (χ4n) is 2.18. The van der Waals surface area contributed by atoms with Crippen LogP contribution in [0.15, 0.2) is 11.6 Å². The quantitative estimate of drug-likeness (QED) is 0.708. The molecule has 0 aromatic carbocycles. The zero-order chi connectivity index (χ0) is 8.67. The molecule has 70 valence electrons. The molecule has 1 aromatic heterocycles. The van der Waals surface area contributed by atoms with E-state index in [0.29, 0.717) is 12.1 Å². The van der Waals surface area contributed by atoms with Gasteiger partial charge in [0.1, 0.15) is 5.01 Å². The first kappa shape index (κ1) is 7.91. The van der Waals surface area contributed by atoms with Gasteiger partial charge in [-0.1, -0.05) is 0 Å². The number of rotatable bonds is 2. The Kier molecular flexibility index (Phi) is 1.85. The van der Waals surface area contributed by atoms with E-state index >= 15 is 0 Å². The van der Waals surface area contributed by atoms with Gasteiger partial charge in [0, 0.05) is 24.2 Å². The predicted molar refractivity (Wildman–Crippen MR) is 50.7 cm³/mol. The van der Waals surface area contributed by atoms with E-state index in [0.717, 1.165) is 19.7 Å². The molecule has 1 aromatic rings. The summed E-state index contributed by atoms with van der Waals surface area (Å²) >= 11 is 1.74. The van der Waals surface area contributed by atoms with Crippen LogP contribution in [0.3, 0.4) is 0 Å². The summed E-state index contributed by atoms with van der Waals surface area (Å²) in [5.74, 6) is 0. The van der Waals surface area contributed by atoms with Crippen LogP contribution in [0.1, 0.15) is 11.4 Å². The lowest BCUT2D eigenvalue weighted by Gasteiger charge is -2.25. The molecule has 13 heavy (non-hydrogen) atoms. The van der Waals surface area contributed by atoms with Gasteiger partial charge in [0.25, 0.3) is 0 Å². The number of aromatic nitrogens is 1. The lowest BCUT2D eigenvalue weighted by Crippen LogP contribution is -2.36. The Bertz CT molecular complexity index is 288. The van der Waals surface area contributed by atoms with Crippen LogP contribution in [0.5, 0.6) is 0 Å². The topological polar surface area (TPSA) is 25.4 Å². The van der Waals surface area contributed by atoms with Crippen molar-refractivity contribution in [3.05, 3.63) is 16.6 Å². The van der Waals surface area contributed by atoms with E-state index in [-0.39, 0.29) is 0 Å². The molecule has 0 amide bonds. The van der Waals surface area contributed by atoms with E-state index in [1.165, 1.54) is 11.4 Å². The molecule has 0 N–H and O–H groups in total. The lowest BCUT2D eigenvalue weighted by molar-refractivity contribution is 0.0273. The fourth-order valence-corrected chi connectivity index (χ4v) is 2.82. The predicted octanol–water partition coefficient (Wildman–Crippen LogP) is 1.12. The van der Waals surface area contributed by atoms with Crippen molar-refractivity contribution in [2.45, 2.75) is 25.1 Å². The van der Waals surface area contributed by atoms with Crippen molar-refractivity contribution in [3.8, 4) is 0 Å². The second kappa shape index (κ2) is 3.04. The number of ether oxygens (including phenoxy) is 1. The van der Waals surface area contributed by atoms with Gasteiger partial charge in [0.15, 0.2) is 0 Å². The van der Waals surface area contributed by atoms with Crippen LogP contribution in [0.2, 0.25) is 0 Å². The van der Waals surface area contributed by atoms with E-state index < -0.39 is 0 Å². The highest BCUT2D eigenvalue weighted by atomic mass is 32.1. The third-order valence-electron chi connectivity index (χ3n) is 2.84. The third kappa shape index (κ3) is 1.39. The third-order valence-corrected chi connectivity index (χ3v) is 3.60. The molecule has 0 spiro atoms. The molecule has 2 aliphatic rings. The summed E-state index contributed by atoms with van der Waals surface area (Å²) in [7, 11) is 0.